The van der Waals surface area contributed by atoms with E-state index < -0.39 is 0 Å². The van der Waals surface area contributed by atoms with E-state index in [0.717, 1.165) is 5.56 Å². The van der Waals surface area contributed by atoms with Crippen molar-refractivity contribution >= 4 is 11.8 Å². The third-order valence-corrected chi connectivity index (χ3v) is 4.74. The lowest BCUT2D eigenvalue weighted by Gasteiger charge is -2.38. The Morgan fingerprint density at radius 1 is 1.21 bits per heavy atom. The molecule has 2 fully saturated rings. The maximum atomic E-state index is 12.6. The van der Waals surface area contributed by atoms with E-state index in [1.165, 1.54) is 19.8 Å². The van der Waals surface area contributed by atoms with Crippen LogP contribution >= 0.6 is 0 Å². The van der Waals surface area contributed by atoms with E-state index in [4.69, 9.17) is 4.74 Å². The smallest absolute Gasteiger partial charge is 0.222 e. The summed E-state index contributed by atoms with van der Waals surface area (Å²) in [6.45, 7) is 3.37. The van der Waals surface area contributed by atoms with Crippen LogP contribution in [0.2, 0.25) is 0 Å². The van der Waals surface area contributed by atoms with Gasteiger partial charge in [-0.1, -0.05) is 30.3 Å². The molecule has 5 nitrogen and oxygen atoms in total. The molecule has 0 bridgehead atoms. The summed E-state index contributed by atoms with van der Waals surface area (Å²) in [7, 11) is 0. The van der Waals surface area contributed by atoms with Gasteiger partial charge in [0.2, 0.25) is 11.8 Å². The summed E-state index contributed by atoms with van der Waals surface area (Å²) in [6.07, 6.45) is 3.68. The first-order valence-corrected chi connectivity index (χ1v) is 8.86. The van der Waals surface area contributed by atoms with Crippen LogP contribution < -0.4 is 5.32 Å². The number of benzene rings is 1. The van der Waals surface area contributed by atoms with Crippen LogP contribution in [0, 0.1) is 5.92 Å². The lowest BCUT2D eigenvalue weighted by molar-refractivity contribution is -0.148. The summed E-state index contributed by atoms with van der Waals surface area (Å²) in [6, 6.07) is 10.2. The first-order chi connectivity index (χ1) is 11.6. The highest BCUT2D eigenvalue weighted by molar-refractivity contribution is 5.76. The van der Waals surface area contributed by atoms with Crippen LogP contribution in [0.4, 0.5) is 0 Å². The SMILES string of the molecule is CC(=O)NCCCC(=O)N1C[C@@H](c2ccccc2)O[C@@H](C2CC2)C1. The molecular formula is C19H26N2O3. The molecule has 1 N–H and O–H groups in total. The van der Waals surface area contributed by atoms with Crippen LogP contribution in [0.25, 0.3) is 0 Å². The van der Waals surface area contributed by atoms with E-state index in [1.807, 2.05) is 23.1 Å². The first kappa shape index (κ1) is 17.0. The lowest BCUT2D eigenvalue weighted by atomic mass is 10.0. The maximum absolute atomic E-state index is 12.6. The van der Waals surface area contributed by atoms with Crippen LogP contribution in [0.5, 0.6) is 0 Å². The second kappa shape index (κ2) is 7.79. The number of ether oxygens (including phenoxy) is 1. The zero-order valence-corrected chi connectivity index (χ0v) is 14.2. The van der Waals surface area contributed by atoms with Gasteiger partial charge in [-0.25, -0.2) is 0 Å². The zero-order chi connectivity index (χ0) is 16.9. The zero-order valence-electron chi connectivity index (χ0n) is 14.2. The molecule has 24 heavy (non-hydrogen) atoms. The average Bonchev–Trinajstić information content (AvgIpc) is 3.44. The van der Waals surface area contributed by atoms with E-state index in [2.05, 4.69) is 17.4 Å². The number of nitrogens with zero attached hydrogens (tertiary/aromatic N) is 1. The highest BCUT2D eigenvalue weighted by Gasteiger charge is 2.39. The van der Waals surface area contributed by atoms with Crippen molar-refractivity contribution in [2.24, 2.45) is 5.92 Å². The predicted molar refractivity (Wildman–Crippen MR) is 91.3 cm³/mol. The van der Waals surface area contributed by atoms with Crippen molar-refractivity contribution in [1.82, 2.24) is 10.2 Å². The number of amides is 2. The molecule has 2 atom stereocenters. The van der Waals surface area contributed by atoms with Gasteiger partial charge in [-0.15, -0.1) is 0 Å². The van der Waals surface area contributed by atoms with Gasteiger partial charge in [-0.2, -0.15) is 0 Å². The van der Waals surface area contributed by atoms with Gasteiger partial charge in [-0.05, 0) is 30.7 Å². The number of hydrogen-bond donors (Lipinski definition) is 1. The molecule has 5 heteroatoms. The molecular weight excluding hydrogens is 304 g/mol. The molecule has 2 aliphatic rings. The van der Waals surface area contributed by atoms with Crippen molar-refractivity contribution in [2.75, 3.05) is 19.6 Å². The molecule has 0 aromatic heterocycles. The van der Waals surface area contributed by atoms with Gasteiger partial charge < -0.3 is 15.0 Å². The molecule has 130 valence electrons. The number of morpholine rings is 1. The number of hydrogen-bond acceptors (Lipinski definition) is 3. The molecule has 2 amide bonds. The number of carbonyl (C=O) groups is 2. The predicted octanol–water partition coefficient (Wildman–Crippen LogP) is 2.28. The van der Waals surface area contributed by atoms with Gasteiger partial charge in [0.05, 0.1) is 12.6 Å². The third kappa shape index (κ3) is 4.57. The Morgan fingerprint density at radius 3 is 2.62 bits per heavy atom. The second-order valence-electron chi connectivity index (χ2n) is 6.80. The molecule has 0 spiro atoms. The summed E-state index contributed by atoms with van der Waals surface area (Å²) in [4.78, 5) is 25.4. The highest BCUT2D eigenvalue weighted by atomic mass is 16.5. The monoisotopic (exact) mass is 330 g/mol. The van der Waals surface area contributed by atoms with E-state index in [9.17, 15) is 9.59 Å². The normalized spacial score (nSPS) is 23.8. The number of nitrogens with one attached hydrogen (secondary N) is 1. The van der Waals surface area contributed by atoms with E-state index in [0.29, 0.717) is 38.4 Å². The van der Waals surface area contributed by atoms with Gasteiger partial charge in [0.15, 0.2) is 0 Å². The molecule has 0 radical (unpaired) electrons. The third-order valence-electron chi connectivity index (χ3n) is 4.74. The minimum atomic E-state index is -0.0493. The van der Waals surface area contributed by atoms with Gasteiger partial charge in [0.1, 0.15) is 6.10 Å². The fourth-order valence-corrected chi connectivity index (χ4v) is 3.23. The van der Waals surface area contributed by atoms with Crippen LogP contribution in [-0.4, -0.2) is 42.5 Å². The minimum Gasteiger partial charge on any atom is -0.366 e. The largest absolute Gasteiger partial charge is 0.366 e. The molecule has 1 aliphatic carbocycles. The standard InChI is InChI=1S/C19H26N2O3/c1-14(22)20-11-5-8-19(23)21-12-17(15-6-3-2-4-7-15)24-18(13-21)16-9-10-16/h2-4,6-7,16-18H,5,8-13H2,1H3,(H,20,22)/t17-,18+/m0/s1. The van der Waals surface area contributed by atoms with Crippen molar-refractivity contribution in [3.05, 3.63) is 35.9 Å². The fourth-order valence-electron chi connectivity index (χ4n) is 3.23. The molecule has 1 aromatic carbocycles. The second-order valence-corrected chi connectivity index (χ2v) is 6.80. The fraction of sp³-hybridized carbons (Fsp3) is 0.579. The van der Waals surface area contributed by atoms with Crippen molar-refractivity contribution in [1.29, 1.82) is 0 Å². The summed E-state index contributed by atoms with van der Waals surface area (Å²) in [5.41, 5.74) is 1.14. The van der Waals surface area contributed by atoms with Gasteiger partial charge in [0, 0.05) is 26.4 Å². The average molecular weight is 330 g/mol. The highest BCUT2D eigenvalue weighted by Crippen LogP contribution is 2.39. The van der Waals surface area contributed by atoms with Crippen molar-refractivity contribution in [2.45, 2.75) is 44.8 Å². The van der Waals surface area contributed by atoms with Gasteiger partial charge in [0.25, 0.3) is 0 Å². The molecule has 1 saturated carbocycles. The molecule has 0 unspecified atom stereocenters. The molecule has 1 aliphatic heterocycles. The Bertz CT molecular complexity index is 571. The Kier molecular flexibility index (Phi) is 5.51. The summed E-state index contributed by atoms with van der Waals surface area (Å²) in [5.74, 6) is 0.716. The van der Waals surface area contributed by atoms with Crippen molar-refractivity contribution < 1.29 is 14.3 Å². The number of carbonyl (C=O) groups excluding carboxylic acids is 2. The quantitative estimate of drug-likeness (QED) is 0.814. The summed E-state index contributed by atoms with van der Waals surface area (Å²) >= 11 is 0. The van der Waals surface area contributed by atoms with Crippen LogP contribution in [0.3, 0.4) is 0 Å². The number of rotatable bonds is 6. The Labute approximate surface area is 143 Å². The van der Waals surface area contributed by atoms with Gasteiger partial charge >= 0.3 is 0 Å². The van der Waals surface area contributed by atoms with Crippen LogP contribution in [0.1, 0.15) is 44.3 Å². The van der Waals surface area contributed by atoms with Crippen LogP contribution in [-0.2, 0) is 14.3 Å². The summed E-state index contributed by atoms with van der Waals surface area (Å²) in [5, 5.41) is 2.74. The molecule has 1 saturated heterocycles. The lowest BCUT2D eigenvalue weighted by Crippen LogP contribution is -2.47. The topological polar surface area (TPSA) is 58.6 Å². The summed E-state index contributed by atoms with van der Waals surface area (Å²) < 4.78 is 6.28. The van der Waals surface area contributed by atoms with Crippen molar-refractivity contribution in [3.8, 4) is 0 Å². The minimum absolute atomic E-state index is 0.0372. The van der Waals surface area contributed by atoms with E-state index in [-0.39, 0.29) is 24.0 Å². The van der Waals surface area contributed by atoms with Gasteiger partial charge in [-0.3, -0.25) is 9.59 Å². The Hall–Kier alpha value is -1.88. The van der Waals surface area contributed by atoms with Crippen molar-refractivity contribution in [3.63, 3.8) is 0 Å². The van der Waals surface area contributed by atoms with E-state index >= 15 is 0 Å². The molecule has 1 aromatic rings. The Morgan fingerprint density at radius 2 is 1.96 bits per heavy atom. The molecule has 3 rings (SSSR count). The first-order valence-electron chi connectivity index (χ1n) is 8.86. The Balaban J connectivity index is 1.59. The molecule has 1 heterocycles. The maximum Gasteiger partial charge on any atom is 0.222 e. The van der Waals surface area contributed by atoms with Crippen LogP contribution in [0.15, 0.2) is 30.3 Å². The van der Waals surface area contributed by atoms with E-state index in [1.54, 1.807) is 0 Å².